The summed E-state index contributed by atoms with van der Waals surface area (Å²) in [5.41, 5.74) is 1.13. The van der Waals surface area contributed by atoms with Crippen LogP contribution in [-0.4, -0.2) is 56.1 Å². The molecule has 6 rings (SSSR count). The highest BCUT2D eigenvalue weighted by molar-refractivity contribution is 6.30. The van der Waals surface area contributed by atoms with Crippen molar-refractivity contribution in [3.05, 3.63) is 52.8 Å². The van der Waals surface area contributed by atoms with Gasteiger partial charge in [-0.25, -0.2) is 4.39 Å². The number of fused-ring (bicyclic) bond motifs is 1. The van der Waals surface area contributed by atoms with E-state index in [1.54, 1.807) is 11.0 Å². The molecule has 196 valence electrons. The van der Waals surface area contributed by atoms with Gasteiger partial charge in [-0.1, -0.05) is 17.7 Å². The van der Waals surface area contributed by atoms with Crippen molar-refractivity contribution in [2.75, 3.05) is 31.8 Å². The summed E-state index contributed by atoms with van der Waals surface area (Å²) in [5.74, 6) is -0.483. The topological polar surface area (TPSA) is 94.2 Å². The first-order chi connectivity index (χ1) is 17.6. The number of hydrogen-bond acceptors (Lipinski definition) is 6. The maximum Gasteiger partial charge on any atom is 0.258 e. The minimum absolute atomic E-state index is 0.0160. The summed E-state index contributed by atoms with van der Waals surface area (Å²) < 4.78 is 29.9. The summed E-state index contributed by atoms with van der Waals surface area (Å²) in [6, 6.07) is 9.53. The Morgan fingerprint density at radius 2 is 1.92 bits per heavy atom. The zero-order valence-electron chi connectivity index (χ0n) is 20.6. The first kappa shape index (κ1) is 25.5. The van der Waals surface area contributed by atoms with Crippen molar-refractivity contribution in [2.24, 2.45) is 5.41 Å². The number of aryl methyl sites for hydroxylation is 1. The van der Waals surface area contributed by atoms with Crippen LogP contribution >= 0.6 is 11.6 Å². The lowest BCUT2D eigenvalue weighted by Gasteiger charge is -2.70. The van der Waals surface area contributed by atoms with Gasteiger partial charge in [0, 0.05) is 25.1 Å². The number of halogens is 2. The molecule has 1 atom stereocenters. The third kappa shape index (κ3) is 5.02. The number of methoxy groups -OCH3 is 1. The molecule has 0 spiro atoms. The molecule has 0 radical (unpaired) electrons. The molecular formula is C27H28ClFN2O6. The van der Waals surface area contributed by atoms with E-state index in [9.17, 15) is 18.8 Å². The Labute approximate surface area is 219 Å². The third-order valence-corrected chi connectivity index (χ3v) is 7.61. The van der Waals surface area contributed by atoms with E-state index in [0.717, 1.165) is 11.6 Å². The van der Waals surface area contributed by atoms with Crippen LogP contribution in [0.15, 0.2) is 36.4 Å². The second kappa shape index (κ2) is 9.61. The summed E-state index contributed by atoms with van der Waals surface area (Å²) in [4.78, 5) is 39.9. The Balaban J connectivity index is 1.14. The van der Waals surface area contributed by atoms with Crippen molar-refractivity contribution in [3.63, 3.8) is 0 Å². The Morgan fingerprint density at radius 3 is 2.62 bits per heavy atom. The average molecular weight is 531 g/mol. The molecule has 8 nitrogen and oxygen atoms in total. The average Bonchev–Trinajstić information content (AvgIpc) is 2.82. The van der Waals surface area contributed by atoms with Gasteiger partial charge >= 0.3 is 0 Å². The van der Waals surface area contributed by atoms with Crippen LogP contribution < -0.4 is 19.7 Å². The van der Waals surface area contributed by atoms with Crippen LogP contribution in [0.25, 0.3) is 0 Å². The first-order valence-electron chi connectivity index (χ1n) is 12.1. The third-order valence-electron chi connectivity index (χ3n) is 7.31. The van der Waals surface area contributed by atoms with Gasteiger partial charge in [-0.15, -0.1) is 0 Å². The monoisotopic (exact) mass is 530 g/mol. The molecule has 0 aromatic heterocycles. The number of nitrogens with zero attached hydrogens (tertiary/aromatic N) is 1. The SMILES string of the molecule is COCC(=O)N1CC(C(=O)CC23CC(NC(=O)COc4ccc(Cl)c(F)c4)(C2)C3)Oc2ccc(C)cc21. The molecule has 1 N–H and O–H groups in total. The van der Waals surface area contributed by atoms with Gasteiger partial charge in [-0.05, 0) is 61.4 Å². The Hall–Kier alpha value is -3.17. The lowest BCUT2D eigenvalue weighted by Crippen LogP contribution is -2.75. The Kier molecular flexibility index (Phi) is 6.62. The van der Waals surface area contributed by atoms with Gasteiger partial charge in [0.2, 0.25) is 0 Å². The van der Waals surface area contributed by atoms with Crippen LogP contribution in [0.4, 0.5) is 10.1 Å². The van der Waals surface area contributed by atoms with Crippen molar-refractivity contribution in [3.8, 4) is 11.5 Å². The number of rotatable bonds is 9. The van der Waals surface area contributed by atoms with E-state index in [0.29, 0.717) is 37.1 Å². The minimum atomic E-state index is -0.760. The van der Waals surface area contributed by atoms with Crippen LogP contribution in [0.3, 0.4) is 0 Å². The summed E-state index contributed by atoms with van der Waals surface area (Å²) in [6.07, 6.45) is 1.65. The van der Waals surface area contributed by atoms with Crippen LogP contribution in [0.1, 0.15) is 31.2 Å². The summed E-state index contributed by atoms with van der Waals surface area (Å²) in [7, 11) is 1.46. The van der Waals surface area contributed by atoms with E-state index < -0.39 is 11.9 Å². The zero-order valence-corrected chi connectivity index (χ0v) is 21.4. The molecule has 4 aliphatic rings. The van der Waals surface area contributed by atoms with Crippen LogP contribution in [0.5, 0.6) is 11.5 Å². The second-order valence-electron chi connectivity index (χ2n) is 10.4. The molecule has 2 amide bonds. The van der Waals surface area contributed by atoms with Crippen molar-refractivity contribution in [1.29, 1.82) is 0 Å². The predicted octanol–water partition coefficient (Wildman–Crippen LogP) is 3.61. The fourth-order valence-electron chi connectivity index (χ4n) is 5.85. The van der Waals surface area contributed by atoms with Crippen molar-refractivity contribution in [2.45, 2.75) is 44.2 Å². The van der Waals surface area contributed by atoms with Gasteiger partial charge in [-0.2, -0.15) is 0 Å². The molecule has 2 aromatic rings. The Morgan fingerprint density at radius 1 is 1.16 bits per heavy atom. The number of carbonyl (C=O) groups is 3. The number of benzene rings is 2. The maximum absolute atomic E-state index is 13.5. The van der Waals surface area contributed by atoms with Crippen molar-refractivity contribution >= 4 is 34.9 Å². The van der Waals surface area contributed by atoms with Crippen LogP contribution in [0.2, 0.25) is 5.02 Å². The molecule has 3 aliphatic carbocycles. The molecule has 1 aliphatic heterocycles. The number of ketones is 1. The maximum atomic E-state index is 13.5. The molecular weight excluding hydrogens is 503 g/mol. The minimum Gasteiger partial charge on any atom is -0.484 e. The standard InChI is InChI=1S/C27H28ClFN2O6/c1-16-3-6-22-20(7-16)31(25(34)12-35-2)10-23(37-22)21(32)9-26-13-27(14-26,15-26)30-24(33)11-36-17-4-5-18(28)19(29)8-17/h3-8,23H,9-15H2,1-2H3,(H,30,33). The number of anilines is 1. The van der Waals surface area contributed by atoms with E-state index in [-0.39, 0.29) is 59.1 Å². The number of Topliss-reactive ketones (excluding diaryl/α,β-unsaturated/α-hetero) is 1. The zero-order chi connectivity index (χ0) is 26.4. The van der Waals surface area contributed by atoms with E-state index in [4.69, 9.17) is 25.8 Å². The highest BCUT2D eigenvalue weighted by Crippen LogP contribution is 2.69. The molecule has 2 aromatic carbocycles. The number of amides is 2. The van der Waals surface area contributed by atoms with Crippen LogP contribution in [0, 0.1) is 18.2 Å². The lowest BCUT2D eigenvalue weighted by molar-refractivity contribution is -0.175. The lowest BCUT2D eigenvalue weighted by atomic mass is 9.38. The number of nitrogens with one attached hydrogen (secondary N) is 1. The van der Waals surface area contributed by atoms with E-state index in [1.165, 1.54) is 19.2 Å². The summed E-state index contributed by atoms with van der Waals surface area (Å²) in [6.45, 7) is 1.74. The highest BCUT2D eigenvalue weighted by Gasteiger charge is 2.68. The molecule has 1 unspecified atom stereocenters. The highest BCUT2D eigenvalue weighted by atomic mass is 35.5. The fourth-order valence-corrected chi connectivity index (χ4v) is 5.96. The van der Waals surface area contributed by atoms with Gasteiger partial charge < -0.3 is 24.4 Å². The van der Waals surface area contributed by atoms with Crippen LogP contribution in [-0.2, 0) is 19.1 Å². The molecule has 3 fully saturated rings. The first-order valence-corrected chi connectivity index (χ1v) is 12.5. The molecule has 37 heavy (non-hydrogen) atoms. The Bertz CT molecular complexity index is 1250. The van der Waals surface area contributed by atoms with Crippen molar-refractivity contribution < 1.29 is 33.0 Å². The molecule has 1 heterocycles. The van der Waals surface area contributed by atoms with Gasteiger partial charge in [0.15, 0.2) is 18.5 Å². The quantitative estimate of drug-likeness (QED) is 0.532. The number of carbonyl (C=O) groups excluding carboxylic acids is 3. The van der Waals surface area contributed by atoms with E-state index in [2.05, 4.69) is 5.32 Å². The summed E-state index contributed by atoms with van der Waals surface area (Å²) in [5, 5.41) is 2.98. The van der Waals surface area contributed by atoms with Gasteiger partial charge in [0.05, 0.1) is 17.3 Å². The van der Waals surface area contributed by atoms with Crippen molar-refractivity contribution in [1.82, 2.24) is 5.32 Å². The molecule has 2 bridgehead atoms. The smallest absolute Gasteiger partial charge is 0.258 e. The van der Waals surface area contributed by atoms with Gasteiger partial charge in [0.25, 0.3) is 11.8 Å². The van der Waals surface area contributed by atoms with Gasteiger partial charge in [-0.3, -0.25) is 14.4 Å². The second-order valence-corrected chi connectivity index (χ2v) is 10.8. The van der Waals surface area contributed by atoms with E-state index >= 15 is 0 Å². The fraction of sp³-hybridized carbons (Fsp3) is 0.444. The predicted molar refractivity (Wildman–Crippen MR) is 134 cm³/mol. The molecule has 0 saturated heterocycles. The molecule has 10 heteroatoms. The molecule has 3 saturated carbocycles. The van der Waals surface area contributed by atoms with E-state index in [1.807, 2.05) is 19.1 Å². The summed E-state index contributed by atoms with van der Waals surface area (Å²) >= 11 is 5.66. The number of ether oxygens (including phenoxy) is 3. The normalized spacial score (nSPS) is 25.2. The van der Waals surface area contributed by atoms with Gasteiger partial charge in [0.1, 0.15) is 23.9 Å². The number of hydrogen-bond donors (Lipinski definition) is 1. The largest absolute Gasteiger partial charge is 0.484 e.